The van der Waals surface area contributed by atoms with Crippen LogP contribution in [0.25, 0.3) is 0 Å². The third-order valence-corrected chi connectivity index (χ3v) is 8.33. The first-order chi connectivity index (χ1) is 20.3. The van der Waals surface area contributed by atoms with Crippen LogP contribution in [0.2, 0.25) is 0 Å². The summed E-state index contributed by atoms with van der Waals surface area (Å²) in [5, 5.41) is 5.99. The minimum absolute atomic E-state index is 0.0211. The first-order valence-corrected chi connectivity index (χ1v) is 14.4. The molecule has 5 rings (SSSR count). The molecule has 2 aliphatic heterocycles. The Balaban J connectivity index is 1.24. The average Bonchev–Trinajstić information content (AvgIpc) is 3.25. The number of hydrogen-bond acceptors (Lipinski definition) is 5. The number of rotatable bonds is 8. The van der Waals surface area contributed by atoms with Gasteiger partial charge in [-0.05, 0) is 68.5 Å². The first-order valence-electron chi connectivity index (χ1n) is 14.4. The van der Waals surface area contributed by atoms with E-state index in [9.17, 15) is 14.4 Å². The van der Waals surface area contributed by atoms with E-state index in [1.807, 2.05) is 86.6 Å². The van der Waals surface area contributed by atoms with Crippen molar-refractivity contribution in [2.75, 3.05) is 50.2 Å². The lowest BCUT2D eigenvalue weighted by molar-refractivity contribution is -0.137. The van der Waals surface area contributed by atoms with Crippen molar-refractivity contribution in [3.05, 3.63) is 89.5 Å². The third kappa shape index (κ3) is 6.05. The van der Waals surface area contributed by atoms with Crippen LogP contribution < -0.4 is 20.3 Å². The number of carbonyl (C=O) groups excluding carboxylic acids is 3. The van der Waals surface area contributed by atoms with Crippen molar-refractivity contribution in [1.29, 1.82) is 0 Å². The Morgan fingerprint density at radius 1 is 0.952 bits per heavy atom. The summed E-state index contributed by atoms with van der Waals surface area (Å²) in [4.78, 5) is 45.6. The minimum Gasteiger partial charge on any atom is -0.496 e. The number of urea groups is 1. The highest BCUT2D eigenvalue weighted by Gasteiger charge is 2.54. The average molecular weight is 570 g/mol. The summed E-state index contributed by atoms with van der Waals surface area (Å²) in [6.07, 6.45) is 1.59. The molecule has 3 aromatic carbocycles. The number of amides is 4. The van der Waals surface area contributed by atoms with E-state index in [4.69, 9.17) is 4.74 Å². The Morgan fingerprint density at radius 3 is 2.38 bits per heavy atom. The highest BCUT2D eigenvalue weighted by atomic mass is 16.5. The van der Waals surface area contributed by atoms with E-state index in [0.717, 1.165) is 33.8 Å². The molecule has 0 unspecified atom stereocenters. The number of anilines is 2. The predicted octanol–water partition coefficient (Wildman–Crippen LogP) is 4.34. The molecule has 1 spiro atoms. The van der Waals surface area contributed by atoms with Crippen molar-refractivity contribution in [3.8, 4) is 5.75 Å². The minimum atomic E-state index is -0.810. The van der Waals surface area contributed by atoms with Gasteiger partial charge in [-0.25, -0.2) is 4.79 Å². The molecular formula is C33H39N5O4. The molecule has 2 N–H and O–H groups in total. The van der Waals surface area contributed by atoms with Crippen LogP contribution >= 0.6 is 0 Å². The molecule has 9 heteroatoms. The van der Waals surface area contributed by atoms with E-state index in [1.54, 1.807) is 16.9 Å². The zero-order chi connectivity index (χ0) is 29.7. The summed E-state index contributed by atoms with van der Waals surface area (Å²) in [6.45, 7) is 5.61. The maximum atomic E-state index is 14.0. The maximum absolute atomic E-state index is 14.0. The van der Waals surface area contributed by atoms with Crippen LogP contribution in [0.15, 0.2) is 72.8 Å². The molecular weight excluding hydrogens is 530 g/mol. The number of ether oxygens (including phenoxy) is 1. The quantitative estimate of drug-likeness (QED) is 0.421. The molecule has 220 valence electrons. The van der Waals surface area contributed by atoms with Crippen LogP contribution in [0.4, 0.5) is 16.2 Å². The van der Waals surface area contributed by atoms with E-state index in [1.165, 1.54) is 0 Å². The largest absolute Gasteiger partial charge is 0.496 e. The van der Waals surface area contributed by atoms with Crippen LogP contribution in [0.5, 0.6) is 5.75 Å². The monoisotopic (exact) mass is 569 g/mol. The normalized spacial score (nSPS) is 16.1. The number of nitrogens with zero attached hydrogens (tertiary/aromatic N) is 3. The second kappa shape index (κ2) is 12.5. The lowest BCUT2D eigenvalue weighted by Crippen LogP contribution is -2.58. The van der Waals surface area contributed by atoms with Crippen LogP contribution in [0, 0.1) is 13.8 Å². The fourth-order valence-corrected chi connectivity index (χ4v) is 6.03. The number of aryl methyl sites for hydroxylation is 2. The molecule has 0 bridgehead atoms. The van der Waals surface area contributed by atoms with Gasteiger partial charge >= 0.3 is 6.03 Å². The summed E-state index contributed by atoms with van der Waals surface area (Å²) in [7, 11) is 1.63. The number of hydrogen-bond donors (Lipinski definition) is 2. The van der Waals surface area contributed by atoms with Crippen LogP contribution in [-0.4, -0.2) is 73.1 Å². The summed E-state index contributed by atoms with van der Waals surface area (Å²) in [5.41, 5.74) is 4.07. The molecule has 0 radical (unpaired) electrons. The Morgan fingerprint density at radius 2 is 1.67 bits per heavy atom. The Kier molecular flexibility index (Phi) is 8.66. The van der Waals surface area contributed by atoms with Crippen molar-refractivity contribution in [2.45, 2.75) is 38.6 Å². The zero-order valence-corrected chi connectivity index (χ0v) is 24.6. The molecule has 0 aliphatic carbocycles. The molecule has 2 saturated heterocycles. The van der Waals surface area contributed by atoms with E-state index in [0.29, 0.717) is 45.6 Å². The Labute approximate surface area is 247 Å². The van der Waals surface area contributed by atoms with Gasteiger partial charge in [0.25, 0.3) is 5.91 Å². The molecule has 2 fully saturated rings. The van der Waals surface area contributed by atoms with E-state index >= 15 is 0 Å². The van der Waals surface area contributed by atoms with Gasteiger partial charge in [0.15, 0.2) is 0 Å². The predicted molar refractivity (Wildman–Crippen MR) is 164 cm³/mol. The van der Waals surface area contributed by atoms with Gasteiger partial charge in [0.1, 0.15) is 17.8 Å². The molecule has 4 amide bonds. The van der Waals surface area contributed by atoms with Gasteiger partial charge in [-0.2, -0.15) is 0 Å². The fourth-order valence-electron chi connectivity index (χ4n) is 6.03. The topological polar surface area (TPSA) is 94.2 Å². The number of piperidine rings is 1. The van der Waals surface area contributed by atoms with Gasteiger partial charge in [-0.15, -0.1) is 0 Å². The third-order valence-electron chi connectivity index (χ3n) is 8.33. The first kappa shape index (κ1) is 29.0. The van der Waals surface area contributed by atoms with E-state index < -0.39 is 5.54 Å². The van der Waals surface area contributed by atoms with Gasteiger partial charge < -0.3 is 30.1 Å². The second-order valence-corrected chi connectivity index (χ2v) is 11.1. The van der Waals surface area contributed by atoms with Crippen molar-refractivity contribution in [3.63, 3.8) is 0 Å². The molecule has 0 saturated carbocycles. The zero-order valence-electron chi connectivity index (χ0n) is 24.6. The smallest absolute Gasteiger partial charge is 0.321 e. The lowest BCUT2D eigenvalue weighted by Gasteiger charge is -2.43. The molecule has 2 heterocycles. The van der Waals surface area contributed by atoms with Gasteiger partial charge in [0.2, 0.25) is 5.91 Å². The van der Waals surface area contributed by atoms with Crippen molar-refractivity contribution < 1.29 is 19.1 Å². The Bertz CT molecular complexity index is 1440. The lowest BCUT2D eigenvalue weighted by atomic mass is 9.85. The number of likely N-dealkylation sites (tertiary alicyclic amines) is 1. The molecule has 42 heavy (non-hydrogen) atoms. The van der Waals surface area contributed by atoms with E-state index in [2.05, 4.69) is 15.5 Å². The number of carbonyl (C=O) groups is 3. The Hall–Kier alpha value is -4.53. The van der Waals surface area contributed by atoms with Gasteiger partial charge in [-0.3, -0.25) is 9.59 Å². The number of benzene rings is 3. The van der Waals surface area contributed by atoms with E-state index in [-0.39, 0.29) is 24.4 Å². The summed E-state index contributed by atoms with van der Waals surface area (Å²) in [5.74, 6) is 0.519. The number of para-hydroxylation sites is 2. The molecule has 0 atom stereocenters. The molecule has 3 aromatic rings. The van der Waals surface area contributed by atoms with Crippen LogP contribution in [0.1, 0.15) is 29.5 Å². The fraction of sp³-hybridized carbons (Fsp3) is 0.364. The van der Waals surface area contributed by atoms with Crippen LogP contribution in [0.3, 0.4) is 0 Å². The second-order valence-electron chi connectivity index (χ2n) is 11.1. The van der Waals surface area contributed by atoms with Crippen molar-refractivity contribution in [1.82, 2.24) is 15.1 Å². The highest BCUT2D eigenvalue weighted by Crippen LogP contribution is 2.39. The summed E-state index contributed by atoms with van der Waals surface area (Å²) < 4.78 is 5.40. The summed E-state index contributed by atoms with van der Waals surface area (Å²) in [6, 6.07) is 23.3. The SMILES string of the molecule is COc1ccccc1CCNC(=O)CN1CN(c2ccccc2)C2(CCN(C(=O)Nc3ccc(C)cc3C)CC2)C1=O. The molecule has 2 aliphatic rings. The van der Waals surface area contributed by atoms with Crippen LogP contribution in [-0.2, 0) is 16.0 Å². The van der Waals surface area contributed by atoms with Gasteiger partial charge in [0, 0.05) is 31.0 Å². The van der Waals surface area contributed by atoms with Gasteiger partial charge in [0.05, 0.1) is 13.8 Å². The summed E-state index contributed by atoms with van der Waals surface area (Å²) >= 11 is 0. The van der Waals surface area contributed by atoms with Crippen molar-refractivity contribution >= 4 is 29.2 Å². The standard InChI is InChI=1S/C33H39N5O4/c1-24-13-14-28(25(2)21-24)35-32(41)36-19-16-33(17-20-36)31(40)37(23-38(33)27-10-5-4-6-11-27)22-30(39)34-18-15-26-9-7-8-12-29(26)42-3/h4-14,21H,15-20,22-23H2,1-3H3,(H,34,39)(H,35,41). The van der Waals surface area contributed by atoms with Crippen molar-refractivity contribution in [2.24, 2.45) is 0 Å². The number of nitrogens with one attached hydrogen (secondary N) is 2. The molecule has 0 aromatic heterocycles. The highest BCUT2D eigenvalue weighted by molar-refractivity contribution is 5.97. The maximum Gasteiger partial charge on any atom is 0.321 e. The number of methoxy groups -OCH3 is 1. The van der Waals surface area contributed by atoms with Gasteiger partial charge in [-0.1, -0.05) is 54.1 Å². The molecule has 9 nitrogen and oxygen atoms in total.